The van der Waals surface area contributed by atoms with E-state index in [2.05, 4.69) is 15.7 Å². The summed E-state index contributed by atoms with van der Waals surface area (Å²) in [5, 5.41) is 15.4. The lowest BCUT2D eigenvalue weighted by Crippen LogP contribution is -2.24. The Kier molecular flexibility index (Phi) is 4.23. The van der Waals surface area contributed by atoms with E-state index in [9.17, 15) is 14.9 Å². The standard InChI is InChI=1S/C11H11N5O3S/c12-15-9-3-1-2-8(10(9)16(18)19)11(17)13-4-7-5-20-6-14-7/h1-3,5-6,15H,4,12H2,(H,13,17). The molecule has 2 aromatic rings. The third-order valence-electron chi connectivity index (χ3n) is 2.53. The van der Waals surface area contributed by atoms with Crippen LogP contribution in [0.25, 0.3) is 0 Å². The van der Waals surface area contributed by atoms with Gasteiger partial charge < -0.3 is 10.7 Å². The van der Waals surface area contributed by atoms with Gasteiger partial charge in [0.25, 0.3) is 5.91 Å². The molecule has 1 aromatic carbocycles. The van der Waals surface area contributed by atoms with Crippen LogP contribution in [0, 0.1) is 10.1 Å². The van der Waals surface area contributed by atoms with Crippen LogP contribution in [0.3, 0.4) is 0 Å². The number of benzene rings is 1. The summed E-state index contributed by atoms with van der Waals surface area (Å²) in [6.07, 6.45) is 0. The lowest BCUT2D eigenvalue weighted by Gasteiger charge is -2.07. The molecule has 0 saturated carbocycles. The summed E-state index contributed by atoms with van der Waals surface area (Å²) >= 11 is 1.40. The Bertz CT molecular complexity index is 629. The van der Waals surface area contributed by atoms with E-state index in [4.69, 9.17) is 5.84 Å². The number of hydrazine groups is 1. The average molecular weight is 293 g/mol. The molecule has 4 N–H and O–H groups in total. The molecule has 0 saturated heterocycles. The summed E-state index contributed by atoms with van der Waals surface area (Å²) < 4.78 is 0. The fraction of sp³-hybridized carbons (Fsp3) is 0.0909. The van der Waals surface area contributed by atoms with Crippen molar-refractivity contribution >= 4 is 28.6 Å². The van der Waals surface area contributed by atoms with Crippen molar-refractivity contribution < 1.29 is 9.72 Å². The molecule has 0 aliphatic heterocycles. The van der Waals surface area contributed by atoms with Crippen LogP contribution in [0.15, 0.2) is 29.1 Å². The normalized spacial score (nSPS) is 10.1. The van der Waals surface area contributed by atoms with Crippen LogP contribution in [-0.4, -0.2) is 15.8 Å². The van der Waals surface area contributed by atoms with Gasteiger partial charge in [0.15, 0.2) is 0 Å². The molecule has 1 heterocycles. The van der Waals surface area contributed by atoms with E-state index >= 15 is 0 Å². The first-order valence-corrected chi connectivity index (χ1v) is 6.47. The van der Waals surface area contributed by atoms with Crippen molar-refractivity contribution in [3.63, 3.8) is 0 Å². The lowest BCUT2D eigenvalue weighted by molar-refractivity contribution is -0.384. The fourth-order valence-electron chi connectivity index (χ4n) is 1.63. The number of nitro groups is 1. The number of amides is 1. The maximum Gasteiger partial charge on any atom is 0.306 e. The van der Waals surface area contributed by atoms with Crippen LogP contribution in [0.1, 0.15) is 16.1 Å². The largest absolute Gasteiger partial charge is 0.346 e. The molecule has 20 heavy (non-hydrogen) atoms. The number of nitrogen functional groups attached to an aromatic ring is 1. The van der Waals surface area contributed by atoms with Gasteiger partial charge in [-0.2, -0.15) is 0 Å². The number of nitro benzene ring substituents is 1. The number of carbonyl (C=O) groups excluding carboxylic acids is 1. The highest BCUT2D eigenvalue weighted by Gasteiger charge is 2.23. The molecule has 1 aromatic heterocycles. The number of para-hydroxylation sites is 1. The number of nitrogens with two attached hydrogens (primary N) is 1. The summed E-state index contributed by atoms with van der Waals surface area (Å²) in [6.45, 7) is 0.208. The monoisotopic (exact) mass is 293 g/mol. The second-order valence-electron chi connectivity index (χ2n) is 3.77. The minimum Gasteiger partial charge on any atom is -0.346 e. The summed E-state index contributed by atoms with van der Waals surface area (Å²) in [5.74, 6) is 4.66. The summed E-state index contributed by atoms with van der Waals surface area (Å²) in [4.78, 5) is 26.4. The summed E-state index contributed by atoms with van der Waals surface area (Å²) in [5.41, 5.74) is 4.21. The van der Waals surface area contributed by atoms with Gasteiger partial charge in [0, 0.05) is 5.38 Å². The maximum atomic E-state index is 12.0. The second-order valence-corrected chi connectivity index (χ2v) is 4.48. The van der Waals surface area contributed by atoms with Crippen LogP contribution in [0.4, 0.5) is 11.4 Å². The Morgan fingerprint density at radius 3 is 2.90 bits per heavy atom. The number of thiazole rings is 1. The number of hydrogen-bond acceptors (Lipinski definition) is 7. The Hall–Kier alpha value is -2.52. The van der Waals surface area contributed by atoms with Crippen LogP contribution in [-0.2, 0) is 6.54 Å². The highest BCUT2D eigenvalue weighted by atomic mass is 32.1. The molecular formula is C11H11N5O3S. The van der Waals surface area contributed by atoms with Crippen molar-refractivity contribution in [2.45, 2.75) is 6.54 Å². The predicted octanol–water partition coefficient (Wildman–Crippen LogP) is 1.27. The van der Waals surface area contributed by atoms with Gasteiger partial charge >= 0.3 is 5.69 Å². The Morgan fingerprint density at radius 1 is 1.50 bits per heavy atom. The minimum atomic E-state index is -0.646. The number of hydrogen-bond donors (Lipinski definition) is 3. The highest BCUT2D eigenvalue weighted by Crippen LogP contribution is 2.27. The summed E-state index contributed by atoms with van der Waals surface area (Å²) in [7, 11) is 0. The number of carbonyl (C=O) groups is 1. The molecule has 0 radical (unpaired) electrons. The third-order valence-corrected chi connectivity index (χ3v) is 3.17. The maximum absolute atomic E-state index is 12.0. The Balaban J connectivity index is 2.23. The van der Waals surface area contributed by atoms with Gasteiger partial charge in [0.2, 0.25) is 0 Å². The van der Waals surface area contributed by atoms with Crippen molar-refractivity contribution in [1.29, 1.82) is 0 Å². The van der Waals surface area contributed by atoms with E-state index in [1.165, 1.54) is 29.5 Å². The van der Waals surface area contributed by atoms with Crippen molar-refractivity contribution in [2.75, 3.05) is 5.43 Å². The fourth-order valence-corrected chi connectivity index (χ4v) is 2.19. The molecule has 2 rings (SSSR count). The van der Waals surface area contributed by atoms with E-state index in [1.54, 1.807) is 10.9 Å². The molecular weight excluding hydrogens is 282 g/mol. The molecule has 0 spiro atoms. The zero-order valence-corrected chi connectivity index (χ0v) is 11.0. The van der Waals surface area contributed by atoms with Gasteiger partial charge in [-0.15, -0.1) is 11.3 Å². The molecule has 0 unspecified atom stereocenters. The van der Waals surface area contributed by atoms with Crippen molar-refractivity contribution in [2.24, 2.45) is 5.84 Å². The SMILES string of the molecule is NNc1cccc(C(=O)NCc2cscn2)c1[N+](=O)[O-]. The zero-order valence-electron chi connectivity index (χ0n) is 10.2. The van der Waals surface area contributed by atoms with Crippen LogP contribution in [0.2, 0.25) is 0 Å². The number of rotatable bonds is 5. The van der Waals surface area contributed by atoms with Crippen molar-refractivity contribution in [3.05, 3.63) is 50.5 Å². The van der Waals surface area contributed by atoms with Gasteiger partial charge in [0.1, 0.15) is 11.3 Å². The zero-order chi connectivity index (χ0) is 14.5. The quantitative estimate of drug-likeness (QED) is 0.433. The van der Waals surface area contributed by atoms with Gasteiger partial charge in [0.05, 0.1) is 22.7 Å². The van der Waals surface area contributed by atoms with Crippen molar-refractivity contribution in [3.8, 4) is 0 Å². The van der Waals surface area contributed by atoms with Crippen LogP contribution < -0.4 is 16.6 Å². The van der Waals surface area contributed by atoms with E-state index in [-0.39, 0.29) is 23.5 Å². The third kappa shape index (κ3) is 2.90. The number of nitrogens with zero attached hydrogens (tertiary/aromatic N) is 2. The first-order chi connectivity index (χ1) is 9.63. The number of nitrogens with one attached hydrogen (secondary N) is 2. The van der Waals surface area contributed by atoms with Gasteiger partial charge in [-0.3, -0.25) is 20.8 Å². The van der Waals surface area contributed by atoms with E-state index in [0.29, 0.717) is 5.69 Å². The predicted molar refractivity (Wildman–Crippen MR) is 74.2 cm³/mol. The Labute approximate surface area is 117 Å². The molecule has 1 amide bonds. The molecule has 0 atom stereocenters. The minimum absolute atomic E-state index is 0.0549. The van der Waals surface area contributed by atoms with E-state index in [0.717, 1.165) is 0 Å². The average Bonchev–Trinajstić information content (AvgIpc) is 2.96. The number of anilines is 1. The lowest BCUT2D eigenvalue weighted by atomic mass is 10.1. The molecule has 0 bridgehead atoms. The highest BCUT2D eigenvalue weighted by molar-refractivity contribution is 7.07. The number of aromatic nitrogens is 1. The molecule has 0 aliphatic carbocycles. The molecule has 104 valence electrons. The Morgan fingerprint density at radius 2 is 2.30 bits per heavy atom. The smallest absolute Gasteiger partial charge is 0.306 e. The topological polar surface area (TPSA) is 123 Å². The van der Waals surface area contributed by atoms with Gasteiger partial charge in [-0.25, -0.2) is 4.98 Å². The molecule has 0 aliphatic rings. The van der Waals surface area contributed by atoms with Gasteiger partial charge in [-0.05, 0) is 12.1 Å². The second kappa shape index (κ2) is 6.08. The van der Waals surface area contributed by atoms with E-state index < -0.39 is 10.8 Å². The van der Waals surface area contributed by atoms with Crippen LogP contribution >= 0.6 is 11.3 Å². The molecule has 8 nitrogen and oxygen atoms in total. The van der Waals surface area contributed by atoms with Crippen molar-refractivity contribution in [1.82, 2.24) is 10.3 Å². The van der Waals surface area contributed by atoms with Crippen LogP contribution in [0.5, 0.6) is 0 Å². The first kappa shape index (κ1) is 13.9. The molecule has 0 fully saturated rings. The van der Waals surface area contributed by atoms with Gasteiger partial charge in [-0.1, -0.05) is 6.07 Å². The van der Waals surface area contributed by atoms with E-state index in [1.807, 2.05) is 0 Å². The first-order valence-electron chi connectivity index (χ1n) is 5.52. The summed E-state index contributed by atoms with van der Waals surface area (Å²) in [6, 6.07) is 4.31. The molecule has 9 heteroatoms.